The van der Waals surface area contributed by atoms with E-state index in [1.165, 1.54) is 12.1 Å². The Hall–Kier alpha value is -1.84. The lowest BCUT2D eigenvalue weighted by molar-refractivity contribution is 0.0690. The Morgan fingerprint density at radius 1 is 1.21 bits per heavy atom. The van der Waals surface area contributed by atoms with Gasteiger partial charge in [-0.05, 0) is 25.5 Å². The van der Waals surface area contributed by atoms with Gasteiger partial charge in [-0.2, -0.15) is 0 Å². The maximum atomic E-state index is 12.0. The Morgan fingerprint density at radius 2 is 1.84 bits per heavy atom. The number of benzene rings is 1. The monoisotopic (exact) mass is 263 g/mol. The van der Waals surface area contributed by atoms with Crippen molar-refractivity contribution in [2.45, 2.75) is 45.6 Å². The van der Waals surface area contributed by atoms with Crippen LogP contribution in [0.3, 0.4) is 0 Å². The number of unbranched alkanes of at least 4 members (excludes halogenated alkanes) is 2. The van der Waals surface area contributed by atoms with Gasteiger partial charge in [0.05, 0.1) is 11.1 Å². The summed E-state index contributed by atoms with van der Waals surface area (Å²) < 4.78 is 0. The van der Waals surface area contributed by atoms with Gasteiger partial charge in [0, 0.05) is 6.04 Å². The van der Waals surface area contributed by atoms with Crippen LogP contribution in [0.2, 0.25) is 0 Å². The molecule has 19 heavy (non-hydrogen) atoms. The number of hydrogen-bond donors (Lipinski definition) is 2. The third-order valence-corrected chi connectivity index (χ3v) is 3.02. The molecule has 0 aliphatic rings. The molecule has 0 spiro atoms. The van der Waals surface area contributed by atoms with E-state index in [1.807, 2.05) is 6.92 Å². The van der Waals surface area contributed by atoms with Crippen molar-refractivity contribution in [2.75, 3.05) is 0 Å². The van der Waals surface area contributed by atoms with Crippen molar-refractivity contribution >= 4 is 11.9 Å². The highest BCUT2D eigenvalue weighted by Gasteiger charge is 2.16. The molecule has 0 radical (unpaired) electrons. The van der Waals surface area contributed by atoms with Crippen LogP contribution >= 0.6 is 0 Å². The molecule has 104 valence electrons. The Bertz CT molecular complexity index is 443. The zero-order chi connectivity index (χ0) is 14.3. The van der Waals surface area contributed by atoms with Gasteiger partial charge in [-0.1, -0.05) is 38.3 Å². The van der Waals surface area contributed by atoms with Crippen molar-refractivity contribution in [3.05, 3.63) is 35.4 Å². The van der Waals surface area contributed by atoms with E-state index >= 15 is 0 Å². The average Bonchev–Trinajstić information content (AvgIpc) is 2.39. The van der Waals surface area contributed by atoms with Crippen LogP contribution in [0.25, 0.3) is 0 Å². The summed E-state index contributed by atoms with van der Waals surface area (Å²) in [6.45, 7) is 4.07. The van der Waals surface area contributed by atoms with Gasteiger partial charge in [0.2, 0.25) is 0 Å². The number of carboxylic acids is 1. The molecule has 1 unspecified atom stereocenters. The molecule has 1 amide bonds. The molecule has 2 N–H and O–H groups in total. The highest BCUT2D eigenvalue weighted by atomic mass is 16.4. The van der Waals surface area contributed by atoms with E-state index in [9.17, 15) is 9.59 Å². The summed E-state index contributed by atoms with van der Waals surface area (Å²) in [6.07, 6.45) is 4.27. The van der Waals surface area contributed by atoms with Crippen LogP contribution in [0.5, 0.6) is 0 Å². The fraction of sp³-hybridized carbons (Fsp3) is 0.467. The third-order valence-electron chi connectivity index (χ3n) is 3.02. The van der Waals surface area contributed by atoms with E-state index < -0.39 is 5.97 Å². The minimum absolute atomic E-state index is 0.0424. The van der Waals surface area contributed by atoms with Crippen LogP contribution in [0, 0.1) is 0 Å². The van der Waals surface area contributed by atoms with E-state index in [0.717, 1.165) is 25.7 Å². The molecule has 0 saturated carbocycles. The Labute approximate surface area is 113 Å². The van der Waals surface area contributed by atoms with Crippen molar-refractivity contribution in [3.63, 3.8) is 0 Å². The Kier molecular flexibility index (Phi) is 6.06. The van der Waals surface area contributed by atoms with Gasteiger partial charge in [0.25, 0.3) is 5.91 Å². The SMILES string of the molecule is CCCCCC(C)NC(=O)c1ccccc1C(=O)O. The molecule has 0 fully saturated rings. The fourth-order valence-electron chi connectivity index (χ4n) is 1.94. The lowest BCUT2D eigenvalue weighted by Crippen LogP contribution is -2.33. The van der Waals surface area contributed by atoms with Crippen LogP contribution < -0.4 is 5.32 Å². The molecule has 1 aromatic carbocycles. The molecule has 1 rings (SSSR count). The van der Waals surface area contributed by atoms with Crippen LogP contribution in [0.4, 0.5) is 0 Å². The molecule has 0 aromatic heterocycles. The molecule has 4 heteroatoms. The molecular formula is C15H21NO3. The first-order valence-electron chi connectivity index (χ1n) is 6.69. The molecule has 0 saturated heterocycles. The number of aromatic carboxylic acids is 1. The van der Waals surface area contributed by atoms with E-state index in [4.69, 9.17) is 5.11 Å². The molecule has 1 aromatic rings. The quantitative estimate of drug-likeness (QED) is 0.743. The van der Waals surface area contributed by atoms with Crippen LogP contribution in [-0.2, 0) is 0 Å². The smallest absolute Gasteiger partial charge is 0.336 e. The number of carbonyl (C=O) groups excluding carboxylic acids is 1. The Morgan fingerprint density at radius 3 is 2.42 bits per heavy atom. The zero-order valence-corrected chi connectivity index (χ0v) is 11.5. The molecule has 1 atom stereocenters. The van der Waals surface area contributed by atoms with Gasteiger partial charge in [-0.3, -0.25) is 4.79 Å². The first-order chi connectivity index (χ1) is 9.06. The summed E-state index contributed by atoms with van der Waals surface area (Å²) in [5.74, 6) is -1.40. The van der Waals surface area contributed by atoms with Gasteiger partial charge < -0.3 is 10.4 Å². The second-order valence-corrected chi connectivity index (χ2v) is 4.72. The predicted octanol–water partition coefficient (Wildman–Crippen LogP) is 3.08. The number of hydrogen-bond acceptors (Lipinski definition) is 2. The summed E-state index contributed by atoms with van der Waals surface area (Å²) in [4.78, 5) is 23.1. The topological polar surface area (TPSA) is 66.4 Å². The van der Waals surface area contributed by atoms with Crippen molar-refractivity contribution in [1.82, 2.24) is 5.32 Å². The minimum Gasteiger partial charge on any atom is -0.478 e. The molecule has 4 nitrogen and oxygen atoms in total. The second-order valence-electron chi connectivity index (χ2n) is 4.72. The highest BCUT2D eigenvalue weighted by molar-refractivity contribution is 6.04. The normalized spacial score (nSPS) is 11.9. The summed E-state index contributed by atoms with van der Waals surface area (Å²) in [5.41, 5.74) is 0.262. The number of carboxylic acid groups (broad SMARTS) is 1. The maximum Gasteiger partial charge on any atom is 0.336 e. The lowest BCUT2D eigenvalue weighted by Gasteiger charge is -2.14. The number of nitrogens with one attached hydrogen (secondary N) is 1. The summed E-state index contributed by atoms with van der Waals surface area (Å²) in [6, 6.07) is 6.32. The summed E-state index contributed by atoms with van der Waals surface area (Å²) in [7, 11) is 0. The van der Waals surface area contributed by atoms with Crippen molar-refractivity contribution < 1.29 is 14.7 Å². The summed E-state index contributed by atoms with van der Waals surface area (Å²) in [5, 5.41) is 11.9. The highest BCUT2D eigenvalue weighted by Crippen LogP contribution is 2.10. The standard InChI is InChI=1S/C15H21NO3/c1-3-4-5-8-11(2)16-14(17)12-9-6-7-10-13(12)15(18)19/h6-7,9-11H,3-5,8H2,1-2H3,(H,16,17)(H,18,19). The van der Waals surface area contributed by atoms with Gasteiger partial charge in [0.1, 0.15) is 0 Å². The number of carbonyl (C=O) groups is 2. The van der Waals surface area contributed by atoms with Gasteiger partial charge in [0.15, 0.2) is 0 Å². The largest absolute Gasteiger partial charge is 0.478 e. The molecule has 0 heterocycles. The third kappa shape index (κ3) is 4.73. The summed E-state index contributed by atoms with van der Waals surface area (Å²) >= 11 is 0. The van der Waals surface area contributed by atoms with E-state index in [-0.39, 0.29) is 23.1 Å². The van der Waals surface area contributed by atoms with E-state index in [0.29, 0.717) is 0 Å². The predicted molar refractivity (Wildman–Crippen MR) is 74.5 cm³/mol. The van der Waals surface area contributed by atoms with Gasteiger partial charge >= 0.3 is 5.97 Å². The van der Waals surface area contributed by atoms with Crippen molar-refractivity contribution in [2.24, 2.45) is 0 Å². The van der Waals surface area contributed by atoms with Crippen LogP contribution in [0.1, 0.15) is 60.2 Å². The molecular weight excluding hydrogens is 242 g/mol. The van der Waals surface area contributed by atoms with Gasteiger partial charge in [-0.15, -0.1) is 0 Å². The molecule has 0 aliphatic heterocycles. The zero-order valence-electron chi connectivity index (χ0n) is 11.5. The molecule has 0 bridgehead atoms. The van der Waals surface area contributed by atoms with Crippen LogP contribution in [-0.4, -0.2) is 23.0 Å². The van der Waals surface area contributed by atoms with Gasteiger partial charge in [-0.25, -0.2) is 4.79 Å². The lowest BCUT2D eigenvalue weighted by atomic mass is 10.1. The second kappa shape index (κ2) is 7.56. The Balaban J connectivity index is 2.65. The number of amides is 1. The van der Waals surface area contributed by atoms with Crippen molar-refractivity contribution in [3.8, 4) is 0 Å². The number of rotatable bonds is 7. The molecule has 0 aliphatic carbocycles. The van der Waals surface area contributed by atoms with Crippen LogP contribution in [0.15, 0.2) is 24.3 Å². The van der Waals surface area contributed by atoms with E-state index in [2.05, 4.69) is 12.2 Å². The first kappa shape index (κ1) is 15.2. The fourth-order valence-corrected chi connectivity index (χ4v) is 1.94. The minimum atomic E-state index is -1.08. The van der Waals surface area contributed by atoms with E-state index in [1.54, 1.807) is 12.1 Å². The van der Waals surface area contributed by atoms with Crippen molar-refractivity contribution in [1.29, 1.82) is 0 Å². The maximum absolute atomic E-state index is 12.0. The first-order valence-corrected chi connectivity index (χ1v) is 6.69. The average molecular weight is 263 g/mol.